The van der Waals surface area contributed by atoms with E-state index < -0.39 is 5.97 Å². The summed E-state index contributed by atoms with van der Waals surface area (Å²) in [5.74, 6) is -0.955. The van der Waals surface area contributed by atoms with Gasteiger partial charge in [0.1, 0.15) is 0 Å². The summed E-state index contributed by atoms with van der Waals surface area (Å²) in [6.45, 7) is 0.337. The third-order valence-electron chi connectivity index (χ3n) is 2.02. The van der Waals surface area contributed by atoms with E-state index in [9.17, 15) is 4.79 Å². The Morgan fingerprint density at radius 3 is 3.00 bits per heavy atom. The lowest BCUT2D eigenvalue weighted by Crippen LogP contribution is -2.20. The Kier molecular flexibility index (Phi) is 3.94. The van der Waals surface area contributed by atoms with E-state index in [4.69, 9.17) is 10.8 Å². The van der Waals surface area contributed by atoms with Gasteiger partial charge in [0.25, 0.3) is 0 Å². The number of allylic oxidation sites excluding steroid dienone is 3. The van der Waals surface area contributed by atoms with Crippen LogP contribution in [0.5, 0.6) is 0 Å². The number of carboxylic acids is 1. The molecule has 0 saturated heterocycles. The molecular weight excluding hydrogens is 180 g/mol. The molecule has 0 aromatic carbocycles. The van der Waals surface area contributed by atoms with Crippen LogP contribution in [0.3, 0.4) is 0 Å². The molecule has 1 aliphatic rings. The highest BCUT2D eigenvalue weighted by atomic mass is 16.4. The summed E-state index contributed by atoms with van der Waals surface area (Å²) in [6, 6.07) is 0. The molecule has 76 valence electrons. The van der Waals surface area contributed by atoms with Crippen LogP contribution >= 0.6 is 0 Å². The number of nitrogens with one attached hydrogen (secondary N) is 1. The van der Waals surface area contributed by atoms with Crippen LogP contribution in [-0.2, 0) is 4.79 Å². The second-order valence-electron chi connectivity index (χ2n) is 3.06. The van der Waals surface area contributed by atoms with Crippen molar-refractivity contribution in [1.82, 2.24) is 5.32 Å². The molecule has 14 heavy (non-hydrogen) atoms. The van der Waals surface area contributed by atoms with Gasteiger partial charge in [-0.3, -0.25) is 4.79 Å². The minimum atomic E-state index is -0.827. The molecule has 1 heterocycles. The molecular formula is C10H14N2O2. The average molecular weight is 194 g/mol. The smallest absolute Gasteiger partial charge is 0.304 e. The van der Waals surface area contributed by atoms with Crippen LogP contribution in [0.15, 0.2) is 36.2 Å². The fourth-order valence-corrected chi connectivity index (χ4v) is 1.27. The Bertz CT molecular complexity index is 292. The topological polar surface area (TPSA) is 75.4 Å². The van der Waals surface area contributed by atoms with Crippen molar-refractivity contribution in [2.24, 2.45) is 11.7 Å². The van der Waals surface area contributed by atoms with Gasteiger partial charge in [-0.2, -0.15) is 0 Å². The SMILES string of the molecule is NCC(CC(=O)O)C1=CNC=CC=C1. The highest BCUT2D eigenvalue weighted by molar-refractivity contribution is 5.67. The molecule has 0 spiro atoms. The van der Waals surface area contributed by atoms with Crippen LogP contribution < -0.4 is 11.1 Å². The van der Waals surface area contributed by atoms with Crippen LogP contribution in [-0.4, -0.2) is 17.6 Å². The highest BCUT2D eigenvalue weighted by Crippen LogP contribution is 2.16. The maximum Gasteiger partial charge on any atom is 0.304 e. The van der Waals surface area contributed by atoms with E-state index in [1.165, 1.54) is 0 Å². The van der Waals surface area contributed by atoms with E-state index in [0.717, 1.165) is 5.57 Å². The monoisotopic (exact) mass is 194 g/mol. The zero-order chi connectivity index (χ0) is 10.4. The molecule has 0 radical (unpaired) electrons. The van der Waals surface area contributed by atoms with Crippen LogP contribution in [0.2, 0.25) is 0 Å². The van der Waals surface area contributed by atoms with Crippen LogP contribution in [0.1, 0.15) is 6.42 Å². The summed E-state index contributed by atoms with van der Waals surface area (Å²) in [5, 5.41) is 11.6. The van der Waals surface area contributed by atoms with Crippen molar-refractivity contribution in [3.05, 3.63) is 36.2 Å². The maximum atomic E-state index is 10.6. The predicted octanol–water partition coefficient (Wildman–Crippen LogP) is 0.593. The molecule has 4 N–H and O–H groups in total. The van der Waals surface area contributed by atoms with Crippen molar-refractivity contribution in [3.8, 4) is 0 Å². The molecule has 0 bridgehead atoms. The molecule has 0 saturated carbocycles. The minimum absolute atomic E-state index is 0.0638. The molecule has 1 rings (SSSR count). The van der Waals surface area contributed by atoms with Crippen LogP contribution in [0.4, 0.5) is 0 Å². The fourth-order valence-electron chi connectivity index (χ4n) is 1.27. The zero-order valence-electron chi connectivity index (χ0n) is 7.81. The third kappa shape index (κ3) is 3.06. The number of aliphatic carboxylic acids is 1. The number of carboxylic acid groups (broad SMARTS) is 1. The van der Waals surface area contributed by atoms with Gasteiger partial charge in [-0.25, -0.2) is 0 Å². The molecule has 0 aromatic rings. The second-order valence-corrected chi connectivity index (χ2v) is 3.06. The van der Waals surface area contributed by atoms with Crippen molar-refractivity contribution in [3.63, 3.8) is 0 Å². The minimum Gasteiger partial charge on any atom is -0.481 e. The molecule has 1 aliphatic heterocycles. The Labute approximate surface area is 82.8 Å². The van der Waals surface area contributed by atoms with E-state index in [2.05, 4.69) is 5.32 Å². The summed E-state index contributed by atoms with van der Waals surface area (Å²) in [6.07, 6.45) is 9.19. The van der Waals surface area contributed by atoms with Gasteiger partial charge in [0.15, 0.2) is 0 Å². The summed E-state index contributed by atoms with van der Waals surface area (Å²) >= 11 is 0. The first-order valence-electron chi connectivity index (χ1n) is 4.45. The Hall–Kier alpha value is -1.55. The van der Waals surface area contributed by atoms with Gasteiger partial charge >= 0.3 is 5.97 Å². The van der Waals surface area contributed by atoms with Gasteiger partial charge in [-0.1, -0.05) is 12.2 Å². The van der Waals surface area contributed by atoms with Crippen LogP contribution in [0.25, 0.3) is 0 Å². The quantitative estimate of drug-likeness (QED) is 0.612. The van der Waals surface area contributed by atoms with Gasteiger partial charge in [0, 0.05) is 18.3 Å². The average Bonchev–Trinajstić information content (AvgIpc) is 2.41. The zero-order valence-corrected chi connectivity index (χ0v) is 7.81. The fraction of sp³-hybridized carbons (Fsp3) is 0.300. The lowest BCUT2D eigenvalue weighted by atomic mass is 9.96. The van der Waals surface area contributed by atoms with E-state index in [0.29, 0.717) is 6.54 Å². The number of hydrogen-bond donors (Lipinski definition) is 3. The third-order valence-corrected chi connectivity index (χ3v) is 2.02. The Morgan fingerprint density at radius 2 is 2.36 bits per heavy atom. The van der Waals surface area contributed by atoms with Gasteiger partial charge in [-0.15, -0.1) is 0 Å². The van der Waals surface area contributed by atoms with E-state index in [1.54, 1.807) is 12.4 Å². The van der Waals surface area contributed by atoms with Crippen LogP contribution in [0, 0.1) is 5.92 Å². The largest absolute Gasteiger partial charge is 0.481 e. The predicted molar refractivity (Wildman–Crippen MR) is 54.3 cm³/mol. The molecule has 0 amide bonds. The lowest BCUT2D eigenvalue weighted by Gasteiger charge is -2.13. The first-order valence-corrected chi connectivity index (χ1v) is 4.45. The Morgan fingerprint density at radius 1 is 1.57 bits per heavy atom. The van der Waals surface area contributed by atoms with Gasteiger partial charge in [0.2, 0.25) is 0 Å². The van der Waals surface area contributed by atoms with Crippen molar-refractivity contribution >= 4 is 5.97 Å². The number of hydrogen-bond acceptors (Lipinski definition) is 3. The van der Waals surface area contributed by atoms with E-state index in [-0.39, 0.29) is 12.3 Å². The standard InChI is InChI=1S/C10H14N2O2/c11-6-9(5-10(13)14)8-3-1-2-4-12-7-8/h1-4,7,9,12H,5-6,11H2,(H,13,14). The van der Waals surface area contributed by atoms with Gasteiger partial charge < -0.3 is 16.2 Å². The second kappa shape index (κ2) is 5.24. The molecule has 1 atom stereocenters. The summed E-state index contributed by atoms with van der Waals surface area (Å²) in [5.41, 5.74) is 6.43. The maximum absolute atomic E-state index is 10.6. The first-order chi connectivity index (χ1) is 6.74. The highest BCUT2D eigenvalue weighted by Gasteiger charge is 2.14. The van der Waals surface area contributed by atoms with Gasteiger partial charge in [0.05, 0.1) is 6.42 Å². The van der Waals surface area contributed by atoms with Gasteiger partial charge in [-0.05, 0) is 18.2 Å². The molecule has 0 aromatic heterocycles. The number of rotatable bonds is 4. The summed E-state index contributed by atoms with van der Waals surface area (Å²) in [4.78, 5) is 10.6. The lowest BCUT2D eigenvalue weighted by molar-refractivity contribution is -0.137. The van der Waals surface area contributed by atoms with E-state index >= 15 is 0 Å². The molecule has 0 aliphatic carbocycles. The van der Waals surface area contributed by atoms with Crippen molar-refractivity contribution in [2.75, 3.05) is 6.54 Å². The summed E-state index contributed by atoms with van der Waals surface area (Å²) in [7, 11) is 0. The van der Waals surface area contributed by atoms with Crippen molar-refractivity contribution < 1.29 is 9.90 Å². The molecule has 0 fully saturated rings. The molecule has 4 heteroatoms. The Balaban J connectivity index is 2.68. The first kappa shape index (κ1) is 10.5. The number of nitrogens with two attached hydrogens (primary N) is 1. The normalized spacial score (nSPS) is 16.8. The summed E-state index contributed by atoms with van der Waals surface area (Å²) < 4.78 is 0. The molecule has 1 unspecified atom stereocenters. The van der Waals surface area contributed by atoms with Crippen molar-refractivity contribution in [1.29, 1.82) is 0 Å². The van der Waals surface area contributed by atoms with E-state index in [1.807, 2.05) is 18.2 Å². The number of carbonyl (C=O) groups is 1. The van der Waals surface area contributed by atoms with Crippen molar-refractivity contribution in [2.45, 2.75) is 6.42 Å². The molecule has 4 nitrogen and oxygen atoms in total.